The summed E-state index contributed by atoms with van der Waals surface area (Å²) in [4.78, 5) is 22.8. The summed E-state index contributed by atoms with van der Waals surface area (Å²) in [5.74, 6) is 0.776. The minimum absolute atomic E-state index is 0.00795. The maximum atomic E-state index is 12.5. The van der Waals surface area contributed by atoms with Crippen molar-refractivity contribution in [2.75, 3.05) is 25.0 Å². The average Bonchev–Trinajstić information content (AvgIpc) is 2.95. The van der Waals surface area contributed by atoms with Gasteiger partial charge in [0.1, 0.15) is 0 Å². The molecule has 1 saturated heterocycles. The van der Waals surface area contributed by atoms with Gasteiger partial charge in [0.2, 0.25) is 0 Å². The second kappa shape index (κ2) is 7.67. The van der Waals surface area contributed by atoms with E-state index < -0.39 is 5.60 Å². The zero-order valence-corrected chi connectivity index (χ0v) is 19.8. The summed E-state index contributed by atoms with van der Waals surface area (Å²) in [7, 11) is 0. The SMILES string of the molecule is CC(C)(C)OC(=O)N1CC(CO)CC(Nc2ncnc3c2cc[n]3[Tl])C1. The van der Waals surface area contributed by atoms with Gasteiger partial charge in [0, 0.05) is 0 Å². The number of nitrogens with zero attached hydrogens (tertiary/aromatic N) is 4. The van der Waals surface area contributed by atoms with Crippen molar-refractivity contribution in [3.8, 4) is 0 Å². The van der Waals surface area contributed by atoms with E-state index in [1.807, 2.05) is 33.0 Å². The van der Waals surface area contributed by atoms with Gasteiger partial charge in [-0.15, -0.1) is 0 Å². The van der Waals surface area contributed by atoms with Crippen LogP contribution in [0.2, 0.25) is 0 Å². The van der Waals surface area contributed by atoms with Crippen molar-refractivity contribution in [3.05, 3.63) is 18.6 Å². The van der Waals surface area contributed by atoms with E-state index in [4.69, 9.17) is 4.74 Å². The molecule has 2 aromatic rings. The normalized spacial score (nSPS) is 21.0. The number of hydrogen-bond acceptors (Lipinski definition) is 6. The number of piperidine rings is 1. The number of hydrogen-bond donors (Lipinski definition) is 2. The van der Waals surface area contributed by atoms with Gasteiger partial charge in [0.25, 0.3) is 0 Å². The molecule has 2 N–H and O–H groups in total. The first-order valence-electron chi connectivity index (χ1n) is 8.69. The standard InChI is InChI=1S/C17H24N5O3.Tl/c1-17(2,3)25-16(24)22-7-11(9-23)6-12(8-22)21-15-13-4-5-18-14(13)19-10-20-15;/h4-5,10-12,23H,6-9H2,1-3H3,(H-,18,19,20,21);/q-1;+1. The van der Waals surface area contributed by atoms with E-state index in [9.17, 15) is 9.90 Å². The zero-order chi connectivity index (χ0) is 18.9. The van der Waals surface area contributed by atoms with Crippen LogP contribution in [0.5, 0.6) is 0 Å². The quantitative estimate of drug-likeness (QED) is 0.562. The van der Waals surface area contributed by atoms with Crippen LogP contribution in [0.1, 0.15) is 27.2 Å². The van der Waals surface area contributed by atoms with Crippen molar-refractivity contribution in [2.24, 2.45) is 5.92 Å². The molecule has 0 bridgehead atoms. The molecule has 0 saturated carbocycles. The van der Waals surface area contributed by atoms with Gasteiger partial charge in [-0.3, -0.25) is 0 Å². The zero-order valence-electron chi connectivity index (χ0n) is 15.3. The fraction of sp³-hybridized carbons (Fsp3) is 0.588. The van der Waals surface area contributed by atoms with E-state index in [0.29, 0.717) is 39.2 Å². The van der Waals surface area contributed by atoms with Gasteiger partial charge in [-0.05, 0) is 0 Å². The molecular weight excluding hydrogens is 527 g/mol. The third kappa shape index (κ3) is 4.45. The van der Waals surface area contributed by atoms with Gasteiger partial charge in [0.15, 0.2) is 0 Å². The van der Waals surface area contributed by atoms with Gasteiger partial charge >= 0.3 is 169 Å². The van der Waals surface area contributed by atoms with E-state index in [1.54, 1.807) is 11.2 Å². The fourth-order valence-corrected chi connectivity index (χ4v) is 4.33. The Balaban J connectivity index is 1.77. The third-order valence-corrected chi connectivity index (χ3v) is 5.92. The number of carbonyl (C=O) groups is 1. The molecule has 0 aliphatic carbocycles. The molecule has 0 radical (unpaired) electrons. The number of likely N-dealkylation sites (tertiary alicyclic amines) is 1. The summed E-state index contributed by atoms with van der Waals surface area (Å²) < 4.78 is 7.60. The van der Waals surface area contributed by atoms with Crippen LogP contribution in [0.25, 0.3) is 11.0 Å². The van der Waals surface area contributed by atoms with Crippen molar-refractivity contribution < 1.29 is 14.6 Å². The number of rotatable bonds is 3. The predicted octanol–water partition coefficient (Wildman–Crippen LogP) is 1.39. The number of fused-ring (bicyclic) bond motifs is 1. The number of aliphatic hydroxyl groups excluding tert-OH is 1. The molecule has 1 amide bonds. The number of anilines is 1. The summed E-state index contributed by atoms with van der Waals surface area (Å²) in [5, 5.41) is 14.1. The number of ether oxygens (including phenoxy) is 1. The van der Waals surface area contributed by atoms with Crippen molar-refractivity contribution in [3.63, 3.8) is 0 Å². The molecule has 3 heterocycles. The Morgan fingerprint density at radius 1 is 1.42 bits per heavy atom. The van der Waals surface area contributed by atoms with Crippen molar-refractivity contribution >= 4 is 49.0 Å². The van der Waals surface area contributed by atoms with Crippen LogP contribution < -0.4 is 5.32 Å². The minimum atomic E-state index is -0.542. The maximum absolute atomic E-state index is 12.5. The van der Waals surface area contributed by atoms with Crippen LogP contribution in [0.15, 0.2) is 18.6 Å². The third-order valence-electron chi connectivity index (χ3n) is 4.30. The average molecular weight is 551 g/mol. The van der Waals surface area contributed by atoms with Crippen LogP contribution in [0.4, 0.5) is 10.6 Å². The first-order chi connectivity index (χ1) is 12.3. The van der Waals surface area contributed by atoms with E-state index in [2.05, 4.69) is 17.7 Å². The Bertz CT molecular complexity index is 788. The second-order valence-electron chi connectivity index (χ2n) is 7.69. The van der Waals surface area contributed by atoms with Gasteiger partial charge in [-0.1, -0.05) is 0 Å². The Kier molecular flexibility index (Phi) is 5.70. The number of aliphatic hydroxyl groups is 1. The summed E-state index contributed by atoms with van der Waals surface area (Å²) >= 11 is 0.636. The first kappa shape index (κ1) is 19.3. The summed E-state index contributed by atoms with van der Waals surface area (Å²) in [6.45, 7) is 6.61. The molecule has 1 fully saturated rings. The Morgan fingerprint density at radius 2 is 2.19 bits per heavy atom. The Morgan fingerprint density at radius 3 is 2.88 bits per heavy atom. The molecule has 0 spiro atoms. The molecule has 138 valence electrons. The summed E-state index contributed by atoms with van der Waals surface area (Å²) in [6, 6.07) is 2.00. The molecule has 1 aliphatic heterocycles. The molecule has 1 aliphatic rings. The predicted molar refractivity (Wildman–Crippen MR) is 99.1 cm³/mol. The van der Waals surface area contributed by atoms with Gasteiger partial charge in [-0.25, -0.2) is 0 Å². The number of carbonyl (C=O) groups excluding carboxylic acids is 1. The van der Waals surface area contributed by atoms with Crippen molar-refractivity contribution in [1.29, 1.82) is 0 Å². The van der Waals surface area contributed by atoms with Crippen molar-refractivity contribution in [1.82, 2.24) is 17.2 Å². The molecule has 2 unspecified atom stereocenters. The van der Waals surface area contributed by atoms with E-state index in [-0.39, 0.29) is 24.7 Å². The van der Waals surface area contributed by atoms with E-state index in [1.165, 1.54) is 0 Å². The molecule has 26 heavy (non-hydrogen) atoms. The topological polar surface area (TPSA) is 92.5 Å². The van der Waals surface area contributed by atoms with E-state index in [0.717, 1.165) is 23.3 Å². The fourth-order valence-electron chi connectivity index (χ4n) is 3.20. The molecule has 9 heteroatoms. The van der Waals surface area contributed by atoms with Gasteiger partial charge < -0.3 is 0 Å². The number of amides is 1. The summed E-state index contributed by atoms with van der Waals surface area (Å²) in [5.41, 5.74) is 0.380. The first-order valence-corrected chi connectivity index (χ1v) is 10.7. The van der Waals surface area contributed by atoms with Crippen LogP contribution in [0.3, 0.4) is 0 Å². The van der Waals surface area contributed by atoms with Gasteiger partial charge in [-0.2, -0.15) is 0 Å². The van der Waals surface area contributed by atoms with Gasteiger partial charge in [0.05, 0.1) is 0 Å². The van der Waals surface area contributed by atoms with Crippen LogP contribution >= 0.6 is 0 Å². The number of aromatic nitrogens is 3. The monoisotopic (exact) mass is 551 g/mol. The molecule has 0 aromatic carbocycles. The van der Waals surface area contributed by atoms with Crippen LogP contribution in [0, 0.1) is 5.92 Å². The van der Waals surface area contributed by atoms with E-state index >= 15 is 0 Å². The molecule has 3 rings (SSSR count). The Hall–Kier alpha value is -1.43. The molecule has 8 nitrogen and oxygen atoms in total. The van der Waals surface area contributed by atoms with Crippen LogP contribution in [-0.4, -0.2) is 85.8 Å². The second-order valence-corrected chi connectivity index (χ2v) is 9.86. The molecule has 2 aromatic heterocycles. The summed E-state index contributed by atoms with van der Waals surface area (Å²) in [6.07, 6.45) is 3.99. The Labute approximate surface area is 169 Å². The molecule has 2 atom stereocenters. The van der Waals surface area contributed by atoms with Crippen molar-refractivity contribution in [2.45, 2.75) is 38.8 Å². The number of nitrogens with one attached hydrogen (secondary N) is 1. The molecular formula is C17H24N5O3Tl. The van der Waals surface area contributed by atoms with Crippen LogP contribution in [-0.2, 0) is 4.74 Å².